The van der Waals surface area contributed by atoms with E-state index in [9.17, 15) is 9.59 Å². The zero-order valence-electron chi connectivity index (χ0n) is 14.7. The highest BCUT2D eigenvalue weighted by Crippen LogP contribution is 2.13. The number of piperazine rings is 1. The molecule has 0 atom stereocenters. The fraction of sp³-hybridized carbons (Fsp3) is 0.368. The van der Waals surface area contributed by atoms with E-state index < -0.39 is 0 Å². The Hall–Kier alpha value is -2.12. The fourth-order valence-electron chi connectivity index (χ4n) is 3.00. The number of hydrogen-bond donors (Lipinski definition) is 0. The molecule has 0 saturated carbocycles. The summed E-state index contributed by atoms with van der Waals surface area (Å²) in [7, 11) is 1.94. The minimum atomic E-state index is -0.116. The highest BCUT2D eigenvalue weighted by Gasteiger charge is 2.26. The van der Waals surface area contributed by atoms with Crippen LogP contribution in [0.25, 0.3) is 0 Å². The highest BCUT2D eigenvalue weighted by atomic mass is 79.9. The Bertz CT molecular complexity index is 738. The van der Waals surface area contributed by atoms with E-state index in [1.54, 1.807) is 17.0 Å². The second-order valence-electron chi connectivity index (χ2n) is 6.45. The molecule has 1 aliphatic rings. The summed E-state index contributed by atoms with van der Waals surface area (Å²) < 4.78 is 6.20. The SMILES string of the molecule is CN(CC(=O)N1CCN(C(=O)c2ccco2)CC1)Cc1ccc(Br)cc1. The molecular weight excluding hydrogens is 398 g/mol. The van der Waals surface area contributed by atoms with Crippen LogP contribution < -0.4 is 0 Å². The minimum Gasteiger partial charge on any atom is -0.459 e. The smallest absolute Gasteiger partial charge is 0.289 e. The zero-order chi connectivity index (χ0) is 18.5. The van der Waals surface area contributed by atoms with Crippen LogP contribution in [0.1, 0.15) is 16.1 Å². The summed E-state index contributed by atoms with van der Waals surface area (Å²) in [5, 5.41) is 0. The van der Waals surface area contributed by atoms with Crippen molar-refractivity contribution >= 4 is 27.7 Å². The van der Waals surface area contributed by atoms with Crippen LogP contribution in [-0.4, -0.2) is 66.3 Å². The molecule has 7 heteroatoms. The highest BCUT2D eigenvalue weighted by molar-refractivity contribution is 9.10. The molecule has 2 amide bonds. The predicted octanol–water partition coefficient (Wildman–Crippen LogP) is 2.46. The first-order chi connectivity index (χ1) is 12.5. The molecule has 0 N–H and O–H groups in total. The lowest BCUT2D eigenvalue weighted by Gasteiger charge is -2.35. The summed E-state index contributed by atoms with van der Waals surface area (Å²) in [4.78, 5) is 30.3. The first-order valence-corrected chi connectivity index (χ1v) is 9.36. The molecule has 6 nitrogen and oxygen atoms in total. The van der Waals surface area contributed by atoms with Crippen molar-refractivity contribution in [3.8, 4) is 0 Å². The van der Waals surface area contributed by atoms with E-state index >= 15 is 0 Å². The number of likely N-dealkylation sites (N-methyl/N-ethyl adjacent to an activating group) is 1. The lowest BCUT2D eigenvalue weighted by Crippen LogP contribution is -2.52. The molecule has 1 aliphatic heterocycles. The third-order valence-corrected chi connectivity index (χ3v) is 4.95. The van der Waals surface area contributed by atoms with Gasteiger partial charge in [-0.3, -0.25) is 14.5 Å². The monoisotopic (exact) mass is 419 g/mol. The molecular formula is C19H22BrN3O3. The summed E-state index contributed by atoms with van der Waals surface area (Å²) >= 11 is 3.42. The first kappa shape index (κ1) is 18.7. The van der Waals surface area contributed by atoms with Gasteiger partial charge in [-0.1, -0.05) is 28.1 Å². The Kier molecular flexibility index (Phi) is 6.11. The van der Waals surface area contributed by atoms with E-state index in [1.165, 1.54) is 6.26 Å². The molecule has 0 aliphatic carbocycles. The Morgan fingerprint density at radius 3 is 2.35 bits per heavy atom. The summed E-state index contributed by atoms with van der Waals surface area (Å²) in [6, 6.07) is 11.5. The molecule has 1 aromatic heterocycles. The van der Waals surface area contributed by atoms with Crippen molar-refractivity contribution in [3.63, 3.8) is 0 Å². The Labute approximate surface area is 161 Å². The van der Waals surface area contributed by atoms with Crippen LogP contribution in [0.4, 0.5) is 0 Å². The van der Waals surface area contributed by atoms with Crippen LogP contribution in [0.15, 0.2) is 51.6 Å². The van der Waals surface area contributed by atoms with E-state index in [2.05, 4.69) is 15.9 Å². The van der Waals surface area contributed by atoms with Gasteiger partial charge in [0.1, 0.15) is 0 Å². The molecule has 3 rings (SSSR count). The van der Waals surface area contributed by atoms with Crippen LogP contribution in [0, 0.1) is 0 Å². The number of carbonyl (C=O) groups excluding carboxylic acids is 2. The first-order valence-electron chi connectivity index (χ1n) is 8.56. The quantitative estimate of drug-likeness (QED) is 0.746. The number of amides is 2. The lowest BCUT2D eigenvalue weighted by atomic mass is 10.2. The van der Waals surface area contributed by atoms with E-state index in [1.807, 2.05) is 41.1 Å². The van der Waals surface area contributed by atoms with Crippen LogP contribution in [0.3, 0.4) is 0 Å². The summed E-state index contributed by atoms with van der Waals surface area (Å²) in [5.41, 5.74) is 1.16. The van der Waals surface area contributed by atoms with Gasteiger partial charge in [-0.05, 0) is 36.9 Å². The van der Waals surface area contributed by atoms with Crippen LogP contribution in [0.5, 0.6) is 0 Å². The summed E-state index contributed by atoms with van der Waals surface area (Å²) in [6.45, 7) is 3.25. The fourth-order valence-corrected chi connectivity index (χ4v) is 3.27. The Morgan fingerprint density at radius 2 is 1.73 bits per heavy atom. The van der Waals surface area contributed by atoms with Gasteiger partial charge in [-0.25, -0.2) is 0 Å². The van der Waals surface area contributed by atoms with Crippen molar-refractivity contribution in [3.05, 3.63) is 58.5 Å². The molecule has 1 aromatic carbocycles. The van der Waals surface area contributed by atoms with E-state index in [0.717, 1.165) is 16.6 Å². The largest absolute Gasteiger partial charge is 0.459 e. The average molecular weight is 420 g/mol. The minimum absolute atomic E-state index is 0.0923. The molecule has 2 heterocycles. The van der Waals surface area contributed by atoms with E-state index in [4.69, 9.17) is 4.42 Å². The molecule has 26 heavy (non-hydrogen) atoms. The van der Waals surface area contributed by atoms with Gasteiger partial charge in [-0.15, -0.1) is 0 Å². The molecule has 0 unspecified atom stereocenters. The van der Waals surface area contributed by atoms with Crippen molar-refractivity contribution in [2.75, 3.05) is 39.8 Å². The third-order valence-electron chi connectivity index (χ3n) is 4.42. The van der Waals surface area contributed by atoms with Gasteiger partial charge in [-0.2, -0.15) is 0 Å². The predicted molar refractivity (Wildman–Crippen MR) is 102 cm³/mol. The van der Waals surface area contributed by atoms with E-state index in [0.29, 0.717) is 38.5 Å². The molecule has 0 bridgehead atoms. The van der Waals surface area contributed by atoms with Gasteiger partial charge in [0.15, 0.2) is 5.76 Å². The number of halogens is 1. The second kappa shape index (κ2) is 8.51. The molecule has 1 fully saturated rings. The molecule has 1 saturated heterocycles. The molecule has 2 aromatic rings. The standard InChI is InChI=1S/C19H22BrN3O3/c1-21(13-15-4-6-16(20)7-5-15)14-18(24)22-8-10-23(11-9-22)19(25)17-3-2-12-26-17/h2-7,12H,8-11,13-14H2,1H3. The van der Waals surface area contributed by atoms with Gasteiger partial charge >= 0.3 is 0 Å². The van der Waals surface area contributed by atoms with Crippen LogP contribution >= 0.6 is 15.9 Å². The lowest BCUT2D eigenvalue weighted by molar-refractivity contribution is -0.133. The number of carbonyl (C=O) groups is 2. The van der Waals surface area contributed by atoms with Crippen LogP contribution in [0.2, 0.25) is 0 Å². The number of benzene rings is 1. The maximum Gasteiger partial charge on any atom is 0.289 e. The van der Waals surface area contributed by atoms with Gasteiger partial charge in [0.25, 0.3) is 5.91 Å². The normalized spacial score (nSPS) is 14.7. The zero-order valence-corrected chi connectivity index (χ0v) is 16.3. The Balaban J connectivity index is 1.46. The van der Waals surface area contributed by atoms with Crippen molar-refractivity contribution in [1.29, 1.82) is 0 Å². The van der Waals surface area contributed by atoms with Crippen molar-refractivity contribution < 1.29 is 14.0 Å². The number of furan rings is 1. The van der Waals surface area contributed by atoms with Crippen molar-refractivity contribution in [2.45, 2.75) is 6.54 Å². The van der Waals surface area contributed by atoms with Crippen LogP contribution in [-0.2, 0) is 11.3 Å². The number of rotatable bonds is 5. The third kappa shape index (κ3) is 4.74. The number of hydrogen-bond acceptors (Lipinski definition) is 4. The second-order valence-corrected chi connectivity index (χ2v) is 7.36. The van der Waals surface area contributed by atoms with Crippen molar-refractivity contribution in [2.24, 2.45) is 0 Å². The van der Waals surface area contributed by atoms with E-state index in [-0.39, 0.29) is 11.8 Å². The van der Waals surface area contributed by atoms with Gasteiger partial charge in [0.2, 0.25) is 5.91 Å². The summed E-state index contributed by atoms with van der Waals surface area (Å²) in [5.74, 6) is 0.322. The number of nitrogens with zero attached hydrogens (tertiary/aromatic N) is 3. The average Bonchev–Trinajstić information content (AvgIpc) is 3.18. The van der Waals surface area contributed by atoms with Crippen molar-refractivity contribution in [1.82, 2.24) is 14.7 Å². The topological polar surface area (TPSA) is 57.0 Å². The molecule has 138 valence electrons. The molecule has 0 radical (unpaired) electrons. The van der Waals surface area contributed by atoms with Gasteiger partial charge in [0, 0.05) is 37.2 Å². The maximum atomic E-state index is 12.5. The van der Waals surface area contributed by atoms with Gasteiger partial charge in [0.05, 0.1) is 12.8 Å². The molecule has 0 spiro atoms. The Morgan fingerprint density at radius 1 is 1.08 bits per heavy atom. The summed E-state index contributed by atoms with van der Waals surface area (Å²) in [6.07, 6.45) is 1.49. The maximum absolute atomic E-state index is 12.5. The van der Waals surface area contributed by atoms with Gasteiger partial charge < -0.3 is 14.2 Å².